The van der Waals surface area contributed by atoms with Gasteiger partial charge in [-0.3, -0.25) is 9.69 Å². The number of benzene rings is 1. The first-order chi connectivity index (χ1) is 12.1. The normalized spacial score (nSPS) is 21.7. The highest BCUT2D eigenvalue weighted by atomic mass is 32.1. The number of nitrogens with zero attached hydrogens (tertiary/aromatic N) is 2. The van der Waals surface area contributed by atoms with Gasteiger partial charge in [0, 0.05) is 24.0 Å². The molecule has 1 saturated heterocycles. The maximum absolute atomic E-state index is 12.7. The smallest absolute Gasteiger partial charge is 0.260 e. The van der Waals surface area contributed by atoms with Crippen LogP contribution in [0.15, 0.2) is 40.5 Å². The Morgan fingerprint density at radius 3 is 2.68 bits per heavy atom. The van der Waals surface area contributed by atoms with E-state index in [1.54, 1.807) is 0 Å². The molecule has 1 aliphatic heterocycles. The predicted octanol–water partition coefficient (Wildman–Crippen LogP) is 3.26. The van der Waals surface area contributed by atoms with Crippen LogP contribution >= 0.6 is 11.3 Å². The fraction of sp³-hybridized carbons (Fsp3) is 0.368. The number of nitrogens with one attached hydrogen (secondary N) is 1. The van der Waals surface area contributed by atoms with Gasteiger partial charge in [-0.1, -0.05) is 30.3 Å². The summed E-state index contributed by atoms with van der Waals surface area (Å²) in [5, 5.41) is 2.70. The summed E-state index contributed by atoms with van der Waals surface area (Å²) in [5.41, 5.74) is 1.94. The molecule has 2 aromatic heterocycles. The predicted molar refractivity (Wildman–Crippen MR) is 101 cm³/mol. The van der Waals surface area contributed by atoms with Crippen molar-refractivity contribution in [3.05, 3.63) is 51.9 Å². The third kappa shape index (κ3) is 3.38. The molecule has 25 heavy (non-hydrogen) atoms. The molecular formula is C19H21N3O2S. The molecule has 0 amide bonds. The summed E-state index contributed by atoms with van der Waals surface area (Å²) in [4.78, 5) is 23.5. The van der Waals surface area contributed by atoms with E-state index >= 15 is 0 Å². The highest BCUT2D eigenvalue weighted by molar-refractivity contribution is 7.17. The average Bonchev–Trinajstić information content (AvgIpc) is 2.99. The van der Waals surface area contributed by atoms with E-state index in [9.17, 15) is 4.79 Å². The van der Waals surface area contributed by atoms with Crippen LogP contribution in [0.3, 0.4) is 0 Å². The molecule has 1 fully saturated rings. The van der Waals surface area contributed by atoms with E-state index in [1.807, 2.05) is 35.7 Å². The molecular weight excluding hydrogens is 334 g/mol. The zero-order chi connectivity index (χ0) is 17.4. The first-order valence-corrected chi connectivity index (χ1v) is 9.42. The van der Waals surface area contributed by atoms with Crippen molar-refractivity contribution in [3.63, 3.8) is 0 Å². The topological polar surface area (TPSA) is 58.2 Å². The van der Waals surface area contributed by atoms with Crippen molar-refractivity contribution in [1.82, 2.24) is 14.9 Å². The van der Waals surface area contributed by atoms with Gasteiger partial charge in [-0.25, -0.2) is 4.98 Å². The van der Waals surface area contributed by atoms with Gasteiger partial charge in [0.2, 0.25) is 0 Å². The van der Waals surface area contributed by atoms with E-state index in [0.717, 1.165) is 34.9 Å². The molecule has 2 atom stereocenters. The minimum absolute atomic E-state index is 0.0607. The second-order valence-electron chi connectivity index (χ2n) is 6.66. The molecule has 6 heteroatoms. The summed E-state index contributed by atoms with van der Waals surface area (Å²) in [5.74, 6) is 0.722. The Balaban J connectivity index is 1.66. The highest BCUT2D eigenvalue weighted by Crippen LogP contribution is 2.30. The summed E-state index contributed by atoms with van der Waals surface area (Å²) in [7, 11) is 0. The molecule has 0 bridgehead atoms. The van der Waals surface area contributed by atoms with Crippen molar-refractivity contribution < 1.29 is 4.74 Å². The van der Waals surface area contributed by atoms with Crippen LogP contribution < -0.4 is 5.56 Å². The molecule has 130 valence electrons. The minimum atomic E-state index is -0.0607. The monoisotopic (exact) mass is 355 g/mol. The van der Waals surface area contributed by atoms with Gasteiger partial charge < -0.3 is 9.72 Å². The van der Waals surface area contributed by atoms with Crippen LogP contribution in [0.2, 0.25) is 0 Å². The molecule has 0 saturated carbocycles. The van der Waals surface area contributed by atoms with Gasteiger partial charge in [-0.15, -0.1) is 11.3 Å². The zero-order valence-electron chi connectivity index (χ0n) is 14.4. The quantitative estimate of drug-likeness (QED) is 0.783. The maximum Gasteiger partial charge on any atom is 0.260 e. The summed E-state index contributed by atoms with van der Waals surface area (Å²) >= 11 is 1.53. The molecule has 0 unspecified atom stereocenters. The van der Waals surface area contributed by atoms with Crippen LogP contribution in [-0.2, 0) is 11.3 Å². The lowest BCUT2D eigenvalue weighted by Gasteiger charge is -2.34. The number of ether oxygens (including phenoxy) is 1. The third-order valence-electron chi connectivity index (χ3n) is 4.45. The van der Waals surface area contributed by atoms with Crippen LogP contribution in [-0.4, -0.2) is 40.2 Å². The fourth-order valence-corrected chi connectivity index (χ4v) is 4.49. The first kappa shape index (κ1) is 16.4. The van der Waals surface area contributed by atoms with Crippen molar-refractivity contribution in [2.45, 2.75) is 32.6 Å². The SMILES string of the molecule is C[C@H]1CN(Cc2nc3scc(-c4ccccc4)c3c(=O)[nH]2)C[C@H](C)O1. The summed E-state index contributed by atoms with van der Waals surface area (Å²) in [6.45, 7) is 6.50. The molecule has 5 nitrogen and oxygen atoms in total. The van der Waals surface area contributed by atoms with Crippen LogP contribution in [0, 0.1) is 0 Å². The van der Waals surface area contributed by atoms with Crippen LogP contribution in [0.25, 0.3) is 21.3 Å². The molecule has 1 aromatic carbocycles. The number of aromatic nitrogens is 2. The van der Waals surface area contributed by atoms with Crippen molar-refractivity contribution in [1.29, 1.82) is 0 Å². The van der Waals surface area contributed by atoms with E-state index in [-0.39, 0.29) is 17.8 Å². The van der Waals surface area contributed by atoms with Gasteiger partial charge in [0.1, 0.15) is 10.7 Å². The fourth-order valence-electron chi connectivity index (χ4n) is 3.52. The Kier molecular flexibility index (Phi) is 4.41. The maximum atomic E-state index is 12.7. The van der Waals surface area contributed by atoms with Crippen LogP contribution in [0.5, 0.6) is 0 Å². The van der Waals surface area contributed by atoms with Crippen molar-refractivity contribution in [2.24, 2.45) is 0 Å². The number of hydrogen-bond donors (Lipinski definition) is 1. The summed E-state index contributed by atoms with van der Waals surface area (Å²) < 4.78 is 5.77. The van der Waals surface area contributed by atoms with Gasteiger partial charge in [0.15, 0.2) is 0 Å². The zero-order valence-corrected chi connectivity index (χ0v) is 15.2. The number of morpholine rings is 1. The van der Waals surface area contributed by atoms with E-state index in [4.69, 9.17) is 9.72 Å². The second-order valence-corrected chi connectivity index (χ2v) is 7.52. The third-order valence-corrected chi connectivity index (χ3v) is 5.32. The van der Waals surface area contributed by atoms with Gasteiger partial charge in [0.05, 0.1) is 24.1 Å². The minimum Gasteiger partial charge on any atom is -0.373 e. The van der Waals surface area contributed by atoms with Crippen LogP contribution in [0.4, 0.5) is 0 Å². The largest absolute Gasteiger partial charge is 0.373 e. The number of rotatable bonds is 3. The lowest BCUT2D eigenvalue weighted by molar-refractivity contribution is -0.0710. The number of hydrogen-bond acceptors (Lipinski definition) is 5. The molecule has 1 aliphatic rings. The van der Waals surface area contributed by atoms with Crippen LogP contribution in [0.1, 0.15) is 19.7 Å². The highest BCUT2D eigenvalue weighted by Gasteiger charge is 2.23. The first-order valence-electron chi connectivity index (χ1n) is 8.54. The molecule has 3 heterocycles. The van der Waals surface area contributed by atoms with Gasteiger partial charge in [-0.05, 0) is 19.4 Å². The Bertz CT molecular complexity index is 925. The van der Waals surface area contributed by atoms with Gasteiger partial charge in [0.25, 0.3) is 5.56 Å². The number of thiophene rings is 1. The molecule has 0 aliphatic carbocycles. The number of fused-ring (bicyclic) bond motifs is 1. The Labute approximate surface area is 150 Å². The molecule has 0 radical (unpaired) electrons. The Morgan fingerprint density at radius 1 is 1.24 bits per heavy atom. The Hall–Kier alpha value is -2.02. The molecule has 4 rings (SSSR count). The molecule has 0 spiro atoms. The average molecular weight is 355 g/mol. The van der Waals surface area contributed by atoms with E-state index in [0.29, 0.717) is 11.9 Å². The summed E-state index contributed by atoms with van der Waals surface area (Å²) in [6, 6.07) is 9.98. The number of aromatic amines is 1. The lowest BCUT2D eigenvalue weighted by Crippen LogP contribution is -2.45. The van der Waals surface area contributed by atoms with Crippen molar-refractivity contribution in [2.75, 3.05) is 13.1 Å². The van der Waals surface area contributed by atoms with E-state index in [2.05, 4.69) is 23.7 Å². The Morgan fingerprint density at radius 2 is 1.96 bits per heavy atom. The van der Waals surface area contributed by atoms with Gasteiger partial charge >= 0.3 is 0 Å². The molecule has 1 N–H and O–H groups in total. The van der Waals surface area contributed by atoms with Crippen molar-refractivity contribution >= 4 is 21.6 Å². The van der Waals surface area contributed by atoms with Gasteiger partial charge in [-0.2, -0.15) is 0 Å². The standard InChI is InChI=1S/C19H21N3O2S/c1-12-8-22(9-13(2)24-12)10-16-20-18(23)17-15(11-25-19(17)21-16)14-6-4-3-5-7-14/h3-7,11-13H,8-10H2,1-2H3,(H,20,21,23)/t12-,13-/m0/s1. The molecule has 3 aromatic rings. The summed E-state index contributed by atoms with van der Waals surface area (Å²) in [6.07, 6.45) is 0.399. The lowest BCUT2D eigenvalue weighted by atomic mass is 10.1. The second kappa shape index (κ2) is 6.71. The van der Waals surface area contributed by atoms with E-state index in [1.165, 1.54) is 11.3 Å². The number of H-pyrrole nitrogens is 1. The van der Waals surface area contributed by atoms with Crippen molar-refractivity contribution in [3.8, 4) is 11.1 Å². The van der Waals surface area contributed by atoms with E-state index < -0.39 is 0 Å².